The van der Waals surface area contributed by atoms with E-state index in [-0.39, 0.29) is 23.3 Å². The van der Waals surface area contributed by atoms with Crippen molar-refractivity contribution in [3.8, 4) is 16.9 Å². The molecule has 0 saturated heterocycles. The number of nitrogens with zero attached hydrogens (tertiary/aromatic N) is 2. The Hall–Kier alpha value is -3.70. The van der Waals surface area contributed by atoms with Gasteiger partial charge >= 0.3 is 0 Å². The van der Waals surface area contributed by atoms with Crippen LogP contribution in [0.5, 0.6) is 5.75 Å². The van der Waals surface area contributed by atoms with E-state index in [9.17, 15) is 35.1 Å². The lowest BCUT2D eigenvalue weighted by atomic mass is 9.57. The number of carbonyl (C=O) groups is 2. The average molecular weight is 564 g/mol. The number of hydrogen-bond acceptors (Lipinski definition) is 9. The van der Waals surface area contributed by atoms with Gasteiger partial charge in [-0.25, -0.2) is 0 Å². The molecule has 41 heavy (non-hydrogen) atoms. The maximum absolute atomic E-state index is 14.0. The first-order chi connectivity index (χ1) is 19.3. The first-order valence-corrected chi connectivity index (χ1v) is 13.7. The van der Waals surface area contributed by atoms with Gasteiger partial charge in [0.15, 0.2) is 5.78 Å². The third kappa shape index (κ3) is 4.51. The molecule has 0 aromatic heterocycles. The van der Waals surface area contributed by atoms with Crippen LogP contribution in [-0.2, 0) is 22.6 Å². The van der Waals surface area contributed by atoms with Gasteiger partial charge in [-0.1, -0.05) is 31.2 Å². The van der Waals surface area contributed by atoms with Crippen LogP contribution in [0.25, 0.3) is 16.9 Å². The molecule has 0 radical (unpaired) electrons. The van der Waals surface area contributed by atoms with Crippen molar-refractivity contribution in [3.63, 3.8) is 0 Å². The lowest BCUT2D eigenvalue weighted by Crippen LogP contribution is -2.62. The minimum Gasteiger partial charge on any atom is -0.510 e. The smallest absolute Gasteiger partial charge is 0.253 e. The Morgan fingerprint density at radius 3 is 2.44 bits per heavy atom. The second-order valence-electron chi connectivity index (χ2n) is 11.7. The van der Waals surface area contributed by atoms with Crippen LogP contribution in [0.4, 0.5) is 0 Å². The molecule has 1 saturated carbocycles. The van der Waals surface area contributed by atoms with E-state index in [1.54, 1.807) is 25.1 Å². The highest BCUT2D eigenvalue weighted by Crippen LogP contribution is 2.54. The van der Waals surface area contributed by atoms with E-state index < -0.39 is 58.4 Å². The van der Waals surface area contributed by atoms with Gasteiger partial charge in [-0.15, -0.1) is 0 Å². The highest BCUT2D eigenvalue weighted by molar-refractivity contribution is 6.08. The minimum absolute atomic E-state index is 0.0280. The summed E-state index contributed by atoms with van der Waals surface area (Å²) in [5, 5.41) is 55.6. The molecular weight excluding hydrogens is 526 g/mol. The predicted molar refractivity (Wildman–Crippen MR) is 152 cm³/mol. The molecule has 0 bridgehead atoms. The van der Waals surface area contributed by atoms with Crippen molar-refractivity contribution in [1.29, 1.82) is 0 Å². The Morgan fingerprint density at radius 2 is 1.80 bits per heavy atom. The van der Waals surface area contributed by atoms with Crippen molar-refractivity contribution < 1.29 is 35.1 Å². The molecule has 4 atom stereocenters. The zero-order valence-electron chi connectivity index (χ0n) is 23.6. The summed E-state index contributed by atoms with van der Waals surface area (Å²) in [6, 6.07) is 10.4. The monoisotopic (exact) mass is 563 g/mol. The van der Waals surface area contributed by atoms with Crippen molar-refractivity contribution in [2.45, 2.75) is 38.1 Å². The summed E-state index contributed by atoms with van der Waals surface area (Å²) in [7, 11) is 5.34. The maximum Gasteiger partial charge on any atom is 0.253 e. The number of rotatable bonds is 6. The number of primary amides is 1. The highest BCUT2D eigenvalue weighted by atomic mass is 16.5. The molecule has 10 heteroatoms. The van der Waals surface area contributed by atoms with Crippen LogP contribution < -0.4 is 5.73 Å². The van der Waals surface area contributed by atoms with Crippen molar-refractivity contribution in [1.82, 2.24) is 9.80 Å². The van der Waals surface area contributed by atoms with Crippen molar-refractivity contribution >= 4 is 17.4 Å². The van der Waals surface area contributed by atoms with Gasteiger partial charge in [0.2, 0.25) is 5.79 Å². The first-order valence-electron chi connectivity index (χ1n) is 13.7. The fraction of sp³-hybridized carbons (Fsp3) is 0.419. The van der Waals surface area contributed by atoms with E-state index in [4.69, 9.17) is 5.73 Å². The molecule has 0 heterocycles. The summed E-state index contributed by atoms with van der Waals surface area (Å²) < 4.78 is 0. The Kier molecular flexibility index (Phi) is 7.23. The number of aromatic hydroxyl groups is 1. The predicted octanol–water partition coefficient (Wildman–Crippen LogP) is 2.08. The number of allylic oxidation sites excluding steroid dienone is 1. The van der Waals surface area contributed by atoms with Crippen LogP contribution in [0.15, 0.2) is 53.3 Å². The topological polar surface area (TPSA) is 168 Å². The normalized spacial score (nSPS) is 25.3. The molecule has 3 unspecified atom stereocenters. The number of fused-ring (bicyclic) bond motifs is 3. The summed E-state index contributed by atoms with van der Waals surface area (Å²) in [5.41, 5.74) is 8.18. The highest BCUT2D eigenvalue weighted by Gasteiger charge is 2.62. The molecule has 218 valence electrons. The van der Waals surface area contributed by atoms with Gasteiger partial charge in [0.05, 0.1) is 17.5 Å². The zero-order valence-corrected chi connectivity index (χ0v) is 23.6. The number of ketones is 1. The molecule has 3 aliphatic carbocycles. The van der Waals surface area contributed by atoms with Gasteiger partial charge in [0.1, 0.15) is 22.8 Å². The SMILES string of the molecule is CCN(C)Cc1cccc(-c2ccc(O)c3c2CC2CC4C(C(=O)C2=C3O)C(O)(O)C(C(N)=O)=C(O)[C@H]4N(C)C)c1. The standard InChI is InChI=1S/C31H37N3O7/c1-5-34(4)14-15-7-6-8-16(11-15)18-9-10-21(35)23-19(18)12-17-13-20-24(28(37)22(17)27(23)36)31(40,41)25(30(32)39)29(38)26(20)33(2)3/h6-11,17,20,24,26,35-36,38,40-41H,5,12-14H2,1-4H3,(H2,32,39)/t17?,20?,24?,26-/m0/s1. The Morgan fingerprint density at radius 1 is 1.10 bits per heavy atom. The van der Waals surface area contributed by atoms with E-state index in [0.29, 0.717) is 12.0 Å². The molecule has 0 spiro atoms. The van der Waals surface area contributed by atoms with Gasteiger partial charge in [-0.3, -0.25) is 14.5 Å². The molecular formula is C31H37N3O7. The largest absolute Gasteiger partial charge is 0.510 e. The fourth-order valence-electron chi connectivity index (χ4n) is 7.09. The van der Waals surface area contributed by atoms with Crippen LogP contribution in [0.1, 0.15) is 30.0 Å². The first kappa shape index (κ1) is 28.8. The number of phenolic OH excluding ortho intramolecular Hbond substituents is 1. The number of aliphatic hydroxyl groups excluding tert-OH is 2. The van der Waals surface area contributed by atoms with Crippen LogP contribution in [-0.4, -0.2) is 86.5 Å². The Bertz CT molecular complexity index is 1490. The van der Waals surface area contributed by atoms with Gasteiger partial charge < -0.3 is 36.2 Å². The van der Waals surface area contributed by atoms with E-state index in [0.717, 1.165) is 29.8 Å². The molecule has 2 aromatic rings. The number of likely N-dealkylation sites (N-methyl/N-ethyl adjacent to an activating group) is 1. The molecule has 3 aliphatic rings. The fourth-order valence-corrected chi connectivity index (χ4v) is 7.09. The van der Waals surface area contributed by atoms with Gasteiger partial charge in [-0.2, -0.15) is 0 Å². The quantitative estimate of drug-likeness (QED) is 0.288. The van der Waals surface area contributed by atoms with E-state index in [1.807, 2.05) is 25.2 Å². The number of nitrogens with two attached hydrogens (primary N) is 1. The number of benzene rings is 2. The molecule has 2 aromatic carbocycles. The van der Waals surface area contributed by atoms with Gasteiger partial charge in [-0.05, 0) is 86.8 Å². The number of Topliss-reactive ketones (excluding diaryl/α,β-unsaturated/α-hetero) is 1. The maximum atomic E-state index is 14.0. The second kappa shape index (κ2) is 10.3. The molecule has 7 N–H and O–H groups in total. The number of amides is 1. The summed E-state index contributed by atoms with van der Waals surface area (Å²) in [6.45, 7) is 3.72. The number of phenols is 1. The van der Waals surface area contributed by atoms with Crippen LogP contribution in [0, 0.1) is 17.8 Å². The minimum atomic E-state index is -3.04. The molecule has 1 fully saturated rings. The third-order valence-corrected chi connectivity index (χ3v) is 8.95. The summed E-state index contributed by atoms with van der Waals surface area (Å²) >= 11 is 0. The summed E-state index contributed by atoms with van der Waals surface area (Å²) in [4.78, 5) is 30.0. The van der Waals surface area contributed by atoms with Gasteiger partial charge in [0.25, 0.3) is 5.91 Å². The van der Waals surface area contributed by atoms with Crippen molar-refractivity contribution in [2.24, 2.45) is 23.5 Å². The lowest BCUT2D eigenvalue weighted by molar-refractivity contribution is -0.203. The van der Waals surface area contributed by atoms with Crippen LogP contribution >= 0.6 is 0 Å². The Labute approximate surface area is 238 Å². The van der Waals surface area contributed by atoms with E-state index >= 15 is 0 Å². The van der Waals surface area contributed by atoms with Crippen molar-refractivity contribution in [3.05, 3.63) is 70.0 Å². The molecule has 10 nitrogen and oxygen atoms in total. The van der Waals surface area contributed by atoms with Gasteiger partial charge in [0, 0.05) is 12.1 Å². The number of carbonyl (C=O) groups excluding carboxylic acids is 2. The van der Waals surface area contributed by atoms with Crippen LogP contribution in [0.2, 0.25) is 0 Å². The lowest BCUT2D eigenvalue weighted by Gasteiger charge is -2.51. The van der Waals surface area contributed by atoms with E-state index in [2.05, 4.69) is 17.9 Å². The Balaban J connectivity index is 1.65. The zero-order chi connectivity index (χ0) is 30.0. The van der Waals surface area contributed by atoms with E-state index in [1.165, 1.54) is 6.07 Å². The third-order valence-electron chi connectivity index (χ3n) is 8.95. The second-order valence-corrected chi connectivity index (χ2v) is 11.7. The average Bonchev–Trinajstić information content (AvgIpc) is 2.87. The number of aliphatic hydroxyl groups is 4. The summed E-state index contributed by atoms with van der Waals surface area (Å²) in [6.07, 6.45) is 0.497. The number of hydrogen-bond donors (Lipinski definition) is 6. The molecule has 0 aliphatic heterocycles. The molecule has 1 amide bonds. The van der Waals surface area contributed by atoms with Crippen LogP contribution in [0.3, 0.4) is 0 Å². The summed E-state index contributed by atoms with van der Waals surface area (Å²) in [5.74, 6) is -9.16. The molecule has 5 rings (SSSR count). The van der Waals surface area contributed by atoms with Crippen molar-refractivity contribution in [2.75, 3.05) is 27.7 Å².